The van der Waals surface area contributed by atoms with E-state index in [1.165, 1.54) is 18.3 Å². The number of halogens is 2. The van der Waals surface area contributed by atoms with Crippen LogP contribution in [0.4, 0.5) is 11.4 Å². The molecular weight excluding hydrogens is 415 g/mol. The maximum Gasteiger partial charge on any atom is 0.221 e. The van der Waals surface area contributed by atoms with Gasteiger partial charge in [0.2, 0.25) is 5.91 Å². The molecule has 8 heteroatoms. The number of nitrogens with zero attached hydrogens (tertiary/aromatic N) is 2. The Hall–Kier alpha value is -2.85. The standard InChI is InChI=1S/C20H14Cl2N4OS/c1-12(27)25-16-5-3-15(4-6-16)24-10-13(9-23)20-26-19(11-28-20)17-7-2-14(21)8-18(17)22/h2-8,10-11,24H,1H3,(H,25,27)/b13-10+. The largest absolute Gasteiger partial charge is 0.360 e. The van der Waals surface area contributed by atoms with Crippen LogP contribution in [0.3, 0.4) is 0 Å². The summed E-state index contributed by atoms with van der Waals surface area (Å²) >= 11 is 13.5. The average Bonchev–Trinajstić information content (AvgIpc) is 3.13. The number of nitrogens with one attached hydrogen (secondary N) is 2. The highest BCUT2D eigenvalue weighted by molar-refractivity contribution is 7.11. The minimum Gasteiger partial charge on any atom is -0.360 e. The molecule has 5 nitrogen and oxygen atoms in total. The molecule has 3 rings (SSSR count). The van der Waals surface area contributed by atoms with E-state index in [1.54, 1.807) is 48.7 Å². The molecule has 0 spiro atoms. The zero-order valence-electron chi connectivity index (χ0n) is 14.7. The molecular formula is C20H14Cl2N4OS. The van der Waals surface area contributed by atoms with E-state index in [2.05, 4.69) is 21.7 Å². The number of hydrogen-bond donors (Lipinski definition) is 2. The molecule has 0 saturated heterocycles. The Labute approximate surface area is 176 Å². The van der Waals surface area contributed by atoms with Gasteiger partial charge in [-0.2, -0.15) is 5.26 Å². The Kier molecular flexibility index (Phi) is 6.32. The van der Waals surface area contributed by atoms with Crippen LogP contribution in [-0.2, 0) is 4.79 Å². The van der Waals surface area contributed by atoms with Crippen molar-refractivity contribution in [2.45, 2.75) is 6.92 Å². The number of hydrogen-bond acceptors (Lipinski definition) is 5. The maximum atomic E-state index is 11.1. The van der Waals surface area contributed by atoms with Gasteiger partial charge < -0.3 is 10.6 Å². The Balaban J connectivity index is 1.77. The van der Waals surface area contributed by atoms with Crippen molar-refractivity contribution in [2.24, 2.45) is 0 Å². The van der Waals surface area contributed by atoms with Gasteiger partial charge in [0.1, 0.15) is 16.6 Å². The fraction of sp³-hybridized carbons (Fsp3) is 0.0500. The molecule has 1 aromatic heterocycles. The first-order valence-corrected chi connectivity index (χ1v) is 9.75. The highest BCUT2D eigenvalue weighted by Crippen LogP contribution is 2.32. The zero-order chi connectivity index (χ0) is 20.1. The summed E-state index contributed by atoms with van der Waals surface area (Å²) in [6.45, 7) is 1.45. The van der Waals surface area contributed by atoms with E-state index >= 15 is 0 Å². The number of anilines is 2. The quantitative estimate of drug-likeness (QED) is 0.484. The van der Waals surface area contributed by atoms with E-state index in [0.29, 0.717) is 32.0 Å². The van der Waals surface area contributed by atoms with Crippen LogP contribution in [0, 0.1) is 11.3 Å². The Morgan fingerprint density at radius 2 is 1.89 bits per heavy atom. The molecule has 140 valence electrons. The van der Waals surface area contributed by atoms with Crippen LogP contribution in [0.25, 0.3) is 16.8 Å². The van der Waals surface area contributed by atoms with E-state index in [0.717, 1.165) is 11.3 Å². The van der Waals surface area contributed by atoms with Crippen molar-refractivity contribution in [3.05, 3.63) is 69.1 Å². The Bertz CT molecular complexity index is 1080. The lowest BCUT2D eigenvalue weighted by Gasteiger charge is -2.05. The van der Waals surface area contributed by atoms with Crippen molar-refractivity contribution in [1.29, 1.82) is 5.26 Å². The van der Waals surface area contributed by atoms with Crippen molar-refractivity contribution in [2.75, 3.05) is 10.6 Å². The van der Waals surface area contributed by atoms with E-state index < -0.39 is 0 Å². The lowest BCUT2D eigenvalue weighted by atomic mass is 10.2. The number of rotatable bonds is 5. The number of aromatic nitrogens is 1. The zero-order valence-corrected chi connectivity index (χ0v) is 17.0. The molecule has 0 saturated carbocycles. The molecule has 0 unspecified atom stereocenters. The van der Waals surface area contributed by atoms with Crippen LogP contribution < -0.4 is 10.6 Å². The summed E-state index contributed by atoms with van der Waals surface area (Å²) in [6, 6.07) is 14.5. The van der Waals surface area contributed by atoms with E-state index in [-0.39, 0.29) is 5.91 Å². The molecule has 3 aromatic rings. The summed E-state index contributed by atoms with van der Waals surface area (Å²) in [6.07, 6.45) is 1.60. The summed E-state index contributed by atoms with van der Waals surface area (Å²) in [4.78, 5) is 15.6. The van der Waals surface area contributed by atoms with Crippen molar-refractivity contribution in [3.8, 4) is 17.3 Å². The van der Waals surface area contributed by atoms with Gasteiger partial charge in [-0.3, -0.25) is 4.79 Å². The van der Waals surface area contributed by atoms with E-state index in [9.17, 15) is 10.1 Å². The lowest BCUT2D eigenvalue weighted by Crippen LogP contribution is -2.05. The van der Waals surface area contributed by atoms with Crippen molar-refractivity contribution in [3.63, 3.8) is 0 Å². The van der Waals surface area contributed by atoms with E-state index in [1.807, 2.05) is 5.38 Å². The first kappa shape index (κ1) is 19.9. The second kappa shape index (κ2) is 8.89. The molecule has 2 N–H and O–H groups in total. The van der Waals surface area contributed by atoms with Crippen LogP contribution in [0.15, 0.2) is 54.0 Å². The van der Waals surface area contributed by atoms with Gasteiger partial charge in [-0.25, -0.2) is 4.98 Å². The molecule has 0 fully saturated rings. The van der Waals surface area contributed by atoms with Gasteiger partial charge in [0.05, 0.1) is 10.7 Å². The van der Waals surface area contributed by atoms with Crippen molar-refractivity contribution < 1.29 is 4.79 Å². The normalized spacial score (nSPS) is 11.0. The monoisotopic (exact) mass is 428 g/mol. The van der Waals surface area contributed by atoms with Crippen LogP contribution in [-0.4, -0.2) is 10.9 Å². The summed E-state index contributed by atoms with van der Waals surface area (Å²) < 4.78 is 0. The third-order valence-corrected chi connectivity index (χ3v) is 5.07. The summed E-state index contributed by atoms with van der Waals surface area (Å²) in [5.41, 5.74) is 3.31. The number of amides is 1. The summed E-state index contributed by atoms with van der Waals surface area (Å²) in [5.74, 6) is -0.132. The van der Waals surface area contributed by atoms with Crippen LogP contribution in [0.5, 0.6) is 0 Å². The summed E-state index contributed by atoms with van der Waals surface area (Å²) in [5, 5.41) is 18.7. The smallest absolute Gasteiger partial charge is 0.221 e. The molecule has 0 aliphatic carbocycles. The number of benzene rings is 2. The van der Waals surface area contributed by atoms with Gasteiger partial charge in [-0.05, 0) is 42.5 Å². The third-order valence-electron chi connectivity index (χ3n) is 3.65. The van der Waals surface area contributed by atoms with Crippen LogP contribution in [0.1, 0.15) is 11.9 Å². The van der Waals surface area contributed by atoms with Crippen molar-refractivity contribution >= 4 is 57.4 Å². The molecule has 0 atom stereocenters. The van der Waals surface area contributed by atoms with Crippen LogP contribution >= 0.6 is 34.5 Å². The molecule has 1 heterocycles. The number of nitriles is 1. The first-order chi connectivity index (χ1) is 13.5. The van der Waals surface area contributed by atoms with Gasteiger partial charge in [-0.1, -0.05) is 23.2 Å². The predicted molar refractivity (Wildman–Crippen MR) is 116 cm³/mol. The Morgan fingerprint density at radius 1 is 1.18 bits per heavy atom. The molecule has 0 aliphatic heterocycles. The summed E-state index contributed by atoms with van der Waals surface area (Å²) in [7, 11) is 0. The second-order valence-corrected chi connectivity index (χ2v) is 7.44. The number of thiazole rings is 1. The predicted octanol–water partition coefficient (Wildman–Crippen LogP) is 6.05. The molecule has 2 aromatic carbocycles. The molecule has 28 heavy (non-hydrogen) atoms. The molecule has 0 radical (unpaired) electrons. The minimum atomic E-state index is -0.132. The SMILES string of the molecule is CC(=O)Nc1ccc(N/C=C(\C#N)c2nc(-c3ccc(Cl)cc3Cl)cs2)cc1. The number of carbonyl (C=O) groups excluding carboxylic acids is 1. The first-order valence-electron chi connectivity index (χ1n) is 8.12. The lowest BCUT2D eigenvalue weighted by molar-refractivity contribution is -0.114. The van der Waals surface area contributed by atoms with Crippen molar-refractivity contribution in [1.82, 2.24) is 4.98 Å². The fourth-order valence-corrected chi connectivity index (χ4v) is 3.66. The number of allylic oxidation sites excluding steroid dienone is 1. The van der Waals surface area contributed by atoms with Crippen LogP contribution in [0.2, 0.25) is 10.0 Å². The molecule has 1 amide bonds. The third kappa shape index (κ3) is 4.90. The highest BCUT2D eigenvalue weighted by atomic mass is 35.5. The highest BCUT2D eigenvalue weighted by Gasteiger charge is 2.11. The van der Waals surface area contributed by atoms with E-state index in [4.69, 9.17) is 23.2 Å². The topological polar surface area (TPSA) is 77.8 Å². The fourth-order valence-electron chi connectivity index (χ4n) is 2.37. The minimum absolute atomic E-state index is 0.132. The Morgan fingerprint density at radius 3 is 2.54 bits per heavy atom. The van der Waals surface area contributed by atoms with Gasteiger partial charge in [0.15, 0.2) is 0 Å². The molecule has 0 aliphatic rings. The van der Waals surface area contributed by atoms with Gasteiger partial charge in [-0.15, -0.1) is 11.3 Å². The average molecular weight is 429 g/mol. The second-order valence-electron chi connectivity index (χ2n) is 5.73. The van der Waals surface area contributed by atoms with Gasteiger partial charge in [0, 0.05) is 40.5 Å². The number of carbonyl (C=O) groups is 1. The maximum absolute atomic E-state index is 11.1. The van der Waals surface area contributed by atoms with Gasteiger partial charge >= 0.3 is 0 Å². The molecule has 0 bridgehead atoms. The van der Waals surface area contributed by atoms with Gasteiger partial charge in [0.25, 0.3) is 0 Å².